The van der Waals surface area contributed by atoms with Crippen molar-refractivity contribution in [2.75, 3.05) is 7.11 Å². The quantitative estimate of drug-likeness (QED) is 0.376. The van der Waals surface area contributed by atoms with Gasteiger partial charge in [0.1, 0.15) is 11.5 Å². The molecule has 25 heavy (non-hydrogen) atoms. The summed E-state index contributed by atoms with van der Waals surface area (Å²) in [6.07, 6.45) is -1.10. The third-order valence-electron chi connectivity index (χ3n) is 3.78. The number of Topliss-reactive ketones (excluding diaryl/α,β-unsaturated/α-hetero) is 1. The van der Waals surface area contributed by atoms with E-state index in [1.54, 1.807) is 36.4 Å². The Morgan fingerprint density at radius 3 is 2.40 bits per heavy atom. The van der Waals surface area contributed by atoms with Crippen LogP contribution in [-0.2, 0) is 14.3 Å². The molecule has 2 aromatic rings. The molecule has 128 valence electrons. The summed E-state index contributed by atoms with van der Waals surface area (Å²) in [5.41, 5.74) is 0.539. The van der Waals surface area contributed by atoms with Crippen molar-refractivity contribution in [3.05, 3.63) is 69.2 Å². The van der Waals surface area contributed by atoms with Gasteiger partial charge in [0.25, 0.3) is 5.78 Å². The summed E-state index contributed by atoms with van der Waals surface area (Å²) in [7, 11) is 1.51. The van der Waals surface area contributed by atoms with E-state index in [4.69, 9.17) is 32.7 Å². The maximum absolute atomic E-state index is 12.2. The number of carbonyl (C=O) groups excluding carboxylic acids is 2. The molecule has 0 aliphatic carbocycles. The van der Waals surface area contributed by atoms with Crippen molar-refractivity contribution in [1.29, 1.82) is 0 Å². The molecule has 0 saturated carbocycles. The van der Waals surface area contributed by atoms with Crippen LogP contribution in [0.15, 0.2) is 48.0 Å². The van der Waals surface area contributed by atoms with Gasteiger partial charge in [0.15, 0.2) is 6.10 Å². The monoisotopic (exact) mass is 378 g/mol. The van der Waals surface area contributed by atoms with Gasteiger partial charge in [-0.05, 0) is 36.4 Å². The SMILES string of the molecule is COc1ccc(C(O)=C2C(=O)C(=O)O[C@H]2c2ccc(Cl)cc2Cl)cc1. The Balaban J connectivity index is 2.11. The lowest BCUT2D eigenvalue weighted by Gasteiger charge is -2.14. The van der Waals surface area contributed by atoms with Gasteiger partial charge in [-0.15, -0.1) is 0 Å². The third-order valence-corrected chi connectivity index (χ3v) is 4.34. The highest BCUT2D eigenvalue weighted by molar-refractivity contribution is 6.44. The van der Waals surface area contributed by atoms with Crippen LogP contribution in [-0.4, -0.2) is 24.0 Å². The van der Waals surface area contributed by atoms with E-state index in [1.165, 1.54) is 13.2 Å². The van der Waals surface area contributed by atoms with Crippen molar-refractivity contribution in [3.8, 4) is 5.75 Å². The minimum Gasteiger partial charge on any atom is -0.507 e. The molecule has 0 aromatic heterocycles. The largest absolute Gasteiger partial charge is 0.507 e. The smallest absolute Gasteiger partial charge is 0.380 e. The Bertz CT molecular complexity index is 887. The van der Waals surface area contributed by atoms with Crippen LogP contribution in [0.2, 0.25) is 10.0 Å². The van der Waals surface area contributed by atoms with Gasteiger partial charge in [-0.3, -0.25) is 4.79 Å². The number of esters is 1. The highest BCUT2D eigenvalue weighted by Gasteiger charge is 2.43. The highest BCUT2D eigenvalue weighted by atomic mass is 35.5. The zero-order valence-electron chi connectivity index (χ0n) is 13.0. The van der Waals surface area contributed by atoms with E-state index in [0.717, 1.165) is 0 Å². The molecule has 0 amide bonds. The van der Waals surface area contributed by atoms with E-state index in [2.05, 4.69) is 0 Å². The number of aliphatic hydroxyl groups excluding tert-OH is 1. The summed E-state index contributed by atoms with van der Waals surface area (Å²) in [5, 5.41) is 11.2. The number of carbonyl (C=O) groups is 2. The summed E-state index contributed by atoms with van der Waals surface area (Å²) in [6.45, 7) is 0. The number of aliphatic hydroxyl groups is 1. The van der Waals surface area contributed by atoms with Crippen molar-refractivity contribution >= 4 is 40.7 Å². The van der Waals surface area contributed by atoms with Crippen LogP contribution < -0.4 is 4.74 Å². The van der Waals surface area contributed by atoms with Crippen molar-refractivity contribution < 1.29 is 24.2 Å². The molecule has 2 aromatic carbocycles. The molecule has 1 atom stereocenters. The Kier molecular flexibility index (Phi) is 4.70. The van der Waals surface area contributed by atoms with E-state index in [9.17, 15) is 14.7 Å². The molecule has 3 rings (SSSR count). The number of methoxy groups -OCH3 is 1. The molecule has 0 radical (unpaired) electrons. The van der Waals surface area contributed by atoms with Gasteiger partial charge in [-0.1, -0.05) is 29.3 Å². The van der Waals surface area contributed by atoms with E-state index in [-0.39, 0.29) is 16.4 Å². The van der Waals surface area contributed by atoms with Crippen LogP contribution in [0.1, 0.15) is 17.2 Å². The topological polar surface area (TPSA) is 72.8 Å². The maximum atomic E-state index is 12.2. The zero-order valence-corrected chi connectivity index (χ0v) is 14.5. The molecule has 1 aliphatic heterocycles. The Labute approximate surface area is 153 Å². The number of benzene rings is 2. The normalized spacial score (nSPS) is 18.9. The lowest BCUT2D eigenvalue weighted by molar-refractivity contribution is -0.149. The average molecular weight is 379 g/mol. The molecule has 1 heterocycles. The molecule has 0 unspecified atom stereocenters. The van der Waals surface area contributed by atoms with Crippen LogP contribution in [0, 0.1) is 0 Å². The standard InChI is InChI=1S/C18H12Cl2O5/c1-24-11-5-2-9(3-6-11)15(21)14-16(22)18(23)25-17(14)12-7-4-10(19)8-13(12)20/h2-8,17,21H,1H3/t17-/m0/s1. The van der Waals surface area contributed by atoms with Gasteiger partial charge in [0.2, 0.25) is 0 Å². The summed E-state index contributed by atoms with van der Waals surface area (Å²) in [4.78, 5) is 24.0. The second-order valence-corrected chi connectivity index (χ2v) is 6.11. The lowest BCUT2D eigenvalue weighted by Crippen LogP contribution is -2.08. The predicted molar refractivity (Wildman–Crippen MR) is 92.8 cm³/mol. The summed E-state index contributed by atoms with van der Waals surface area (Å²) in [5.74, 6) is -1.73. The van der Waals surface area contributed by atoms with Crippen LogP contribution >= 0.6 is 23.2 Å². The first-order valence-corrected chi connectivity index (χ1v) is 7.95. The second-order valence-electron chi connectivity index (χ2n) is 5.27. The number of ether oxygens (including phenoxy) is 2. The van der Waals surface area contributed by atoms with Crippen molar-refractivity contribution in [2.45, 2.75) is 6.10 Å². The van der Waals surface area contributed by atoms with E-state index < -0.39 is 17.9 Å². The van der Waals surface area contributed by atoms with Gasteiger partial charge in [0.05, 0.1) is 12.7 Å². The van der Waals surface area contributed by atoms with E-state index in [0.29, 0.717) is 21.9 Å². The molecule has 1 N–H and O–H groups in total. The fourth-order valence-corrected chi connectivity index (χ4v) is 3.03. The molecule has 0 spiro atoms. The van der Waals surface area contributed by atoms with Gasteiger partial charge < -0.3 is 14.6 Å². The predicted octanol–water partition coefficient (Wildman–Crippen LogP) is 4.14. The second kappa shape index (κ2) is 6.78. The molecule has 0 bridgehead atoms. The van der Waals surface area contributed by atoms with Gasteiger partial charge in [-0.2, -0.15) is 0 Å². The van der Waals surface area contributed by atoms with Crippen molar-refractivity contribution in [2.24, 2.45) is 0 Å². The van der Waals surface area contributed by atoms with Crippen LogP contribution in [0.25, 0.3) is 5.76 Å². The first-order chi connectivity index (χ1) is 11.9. The molecule has 7 heteroatoms. The van der Waals surface area contributed by atoms with Crippen molar-refractivity contribution in [1.82, 2.24) is 0 Å². The number of rotatable bonds is 3. The van der Waals surface area contributed by atoms with E-state index in [1.807, 2.05) is 0 Å². The minimum atomic E-state index is -1.10. The molecule has 1 saturated heterocycles. The molecule has 1 fully saturated rings. The zero-order chi connectivity index (χ0) is 18.1. The first kappa shape index (κ1) is 17.3. The van der Waals surface area contributed by atoms with Crippen molar-refractivity contribution in [3.63, 3.8) is 0 Å². The molecule has 1 aliphatic rings. The van der Waals surface area contributed by atoms with Crippen LogP contribution in [0.4, 0.5) is 0 Å². The summed E-state index contributed by atoms with van der Waals surface area (Å²) >= 11 is 12.0. The van der Waals surface area contributed by atoms with Gasteiger partial charge in [0, 0.05) is 21.2 Å². The number of hydrogen-bond donors (Lipinski definition) is 1. The average Bonchev–Trinajstić information content (AvgIpc) is 2.89. The molecule has 5 nitrogen and oxygen atoms in total. The third kappa shape index (κ3) is 3.21. The van der Waals surface area contributed by atoms with Gasteiger partial charge in [-0.25, -0.2) is 4.79 Å². The Morgan fingerprint density at radius 2 is 1.80 bits per heavy atom. The Morgan fingerprint density at radius 1 is 1.12 bits per heavy atom. The Hall–Kier alpha value is -2.50. The highest BCUT2D eigenvalue weighted by Crippen LogP contribution is 2.40. The van der Waals surface area contributed by atoms with Gasteiger partial charge >= 0.3 is 5.97 Å². The molecular weight excluding hydrogens is 367 g/mol. The minimum absolute atomic E-state index is 0.167. The fraction of sp³-hybridized carbons (Fsp3) is 0.111. The number of ketones is 1. The summed E-state index contributed by atoms with van der Waals surface area (Å²) < 4.78 is 10.2. The van der Waals surface area contributed by atoms with E-state index >= 15 is 0 Å². The maximum Gasteiger partial charge on any atom is 0.380 e. The number of halogens is 2. The van der Waals surface area contributed by atoms with Crippen LogP contribution in [0.5, 0.6) is 5.75 Å². The molecular formula is C18H12Cl2O5. The van der Waals surface area contributed by atoms with Crippen LogP contribution in [0.3, 0.4) is 0 Å². The first-order valence-electron chi connectivity index (χ1n) is 7.20. The lowest BCUT2D eigenvalue weighted by atomic mass is 9.96. The summed E-state index contributed by atoms with van der Waals surface area (Å²) in [6, 6.07) is 11.0. The number of cyclic esters (lactones) is 1. The number of hydrogen-bond acceptors (Lipinski definition) is 5. The fourth-order valence-electron chi connectivity index (χ4n) is 2.52.